The van der Waals surface area contributed by atoms with Crippen molar-refractivity contribution in [2.45, 2.75) is 12.0 Å². The van der Waals surface area contributed by atoms with Crippen molar-refractivity contribution in [2.75, 3.05) is 0 Å². The molecule has 2 unspecified atom stereocenters. The Hall–Kier alpha value is -2.27. The van der Waals surface area contributed by atoms with Gasteiger partial charge >= 0.3 is 5.97 Å². The molecule has 0 radical (unpaired) electrons. The predicted octanol–water partition coefficient (Wildman–Crippen LogP) is 2.12. The van der Waals surface area contributed by atoms with E-state index in [-0.39, 0.29) is 0 Å². The highest BCUT2D eigenvalue weighted by atomic mass is 19.1. The number of carboxylic acid groups (broad SMARTS) is 1. The fraction of sp³-hybridized carbons (Fsp3) is 0.143. The summed E-state index contributed by atoms with van der Waals surface area (Å²) in [5.74, 6) is -2.77. The number of rotatable bonds is 4. The van der Waals surface area contributed by atoms with E-state index in [9.17, 15) is 19.4 Å². The number of aliphatic hydroxyl groups excluding tert-OH is 1. The van der Waals surface area contributed by atoms with E-state index in [1.807, 2.05) is 0 Å². The van der Waals surface area contributed by atoms with Gasteiger partial charge in [-0.15, -0.1) is 0 Å². The molecule has 2 N–H and O–H groups in total. The number of nitrogens with zero attached hydrogens (tertiary/aromatic N) is 1. The van der Waals surface area contributed by atoms with E-state index < -0.39 is 23.8 Å². The van der Waals surface area contributed by atoms with E-state index in [1.54, 1.807) is 12.1 Å². The second-order valence-electron chi connectivity index (χ2n) is 4.09. The fourth-order valence-electron chi connectivity index (χ4n) is 1.88. The van der Waals surface area contributed by atoms with Gasteiger partial charge in [-0.25, -0.2) is 4.39 Å². The van der Waals surface area contributed by atoms with Gasteiger partial charge in [-0.2, -0.15) is 0 Å². The monoisotopic (exact) mass is 261 g/mol. The highest BCUT2D eigenvalue weighted by Crippen LogP contribution is 2.31. The molecule has 2 atom stereocenters. The second-order valence-corrected chi connectivity index (χ2v) is 4.09. The molecule has 1 heterocycles. The Bertz CT molecular complexity index is 557. The van der Waals surface area contributed by atoms with Crippen LogP contribution >= 0.6 is 0 Å². The summed E-state index contributed by atoms with van der Waals surface area (Å²) >= 11 is 0. The Balaban J connectivity index is 2.36. The smallest absolute Gasteiger partial charge is 0.314 e. The molecule has 0 saturated heterocycles. The molecule has 98 valence electrons. The van der Waals surface area contributed by atoms with Crippen molar-refractivity contribution in [2.24, 2.45) is 0 Å². The van der Waals surface area contributed by atoms with Gasteiger partial charge < -0.3 is 10.2 Å². The Morgan fingerprint density at radius 3 is 2.16 bits per heavy atom. The molecular formula is C14H12FNO3. The van der Waals surface area contributed by atoms with E-state index in [2.05, 4.69) is 4.98 Å². The van der Waals surface area contributed by atoms with Crippen molar-refractivity contribution < 1.29 is 19.4 Å². The molecule has 0 saturated carbocycles. The van der Waals surface area contributed by atoms with Crippen LogP contribution in [-0.4, -0.2) is 21.2 Å². The summed E-state index contributed by atoms with van der Waals surface area (Å²) in [6, 6.07) is 8.15. The number of aromatic nitrogens is 1. The molecule has 0 aliphatic carbocycles. The molecule has 4 nitrogen and oxygen atoms in total. The van der Waals surface area contributed by atoms with Crippen molar-refractivity contribution in [1.29, 1.82) is 0 Å². The van der Waals surface area contributed by atoms with Gasteiger partial charge in [0.05, 0.1) is 6.10 Å². The van der Waals surface area contributed by atoms with E-state index >= 15 is 0 Å². The first-order valence-electron chi connectivity index (χ1n) is 5.66. The summed E-state index contributed by atoms with van der Waals surface area (Å²) in [5.41, 5.74) is 0.796. The van der Waals surface area contributed by atoms with Crippen molar-refractivity contribution in [3.05, 3.63) is 65.7 Å². The first-order valence-corrected chi connectivity index (χ1v) is 5.66. The lowest BCUT2D eigenvalue weighted by Crippen LogP contribution is -2.20. The van der Waals surface area contributed by atoms with Gasteiger partial charge in [-0.1, -0.05) is 12.1 Å². The highest BCUT2D eigenvalue weighted by molar-refractivity contribution is 5.77. The number of carboxylic acids is 1. The second kappa shape index (κ2) is 5.58. The normalized spacial score (nSPS) is 13.8. The zero-order valence-electron chi connectivity index (χ0n) is 9.90. The quantitative estimate of drug-likeness (QED) is 0.884. The molecule has 0 aliphatic rings. The van der Waals surface area contributed by atoms with Crippen LogP contribution in [0.2, 0.25) is 0 Å². The van der Waals surface area contributed by atoms with Crippen LogP contribution in [0.4, 0.5) is 4.39 Å². The van der Waals surface area contributed by atoms with E-state index in [1.165, 1.54) is 36.7 Å². The molecule has 0 aliphatic heterocycles. The maximum atomic E-state index is 12.9. The predicted molar refractivity (Wildman–Crippen MR) is 66.0 cm³/mol. The average molecular weight is 261 g/mol. The Labute approximate surface area is 109 Å². The molecule has 2 aromatic rings. The lowest BCUT2D eigenvalue weighted by atomic mass is 9.89. The van der Waals surface area contributed by atoms with Gasteiger partial charge in [0.2, 0.25) is 0 Å². The lowest BCUT2D eigenvalue weighted by molar-refractivity contribution is -0.141. The number of aliphatic carboxylic acids is 1. The minimum atomic E-state index is -1.22. The lowest BCUT2D eigenvalue weighted by Gasteiger charge is -2.19. The fourth-order valence-corrected chi connectivity index (χ4v) is 1.88. The van der Waals surface area contributed by atoms with Crippen LogP contribution in [-0.2, 0) is 4.79 Å². The van der Waals surface area contributed by atoms with Crippen LogP contribution in [0.1, 0.15) is 23.1 Å². The number of benzene rings is 1. The maximum Gasteiger partial charge on any atom is 0.314 e. The summed E-state index contributed by atoms with van der Waals surface area (Å²) in [4.78, 5) is 15.1. The molecule has 0 amide bonds. The van der Waals surface area contributed by atoms with E-state index in [0.717, 1.165) is 0 Å². The van der Waals surface area contributed by atoms with Crippen LogP contribution < -0.4 is 0 Å². The number of hydrogen-bond acceptors (Lipinski definition) is 3. The van der Waals surface area contributed by atoms with Gasteiger partial charge in [0.15, 0.2) is 0 Å². The third-order valence-electron chi connectivity index (χ3n) is 2.86. The number of aliphatic hydroxyl groups is 1. The van der Waals surface area contributed by atoms with Crippen LogP contribution in [0, 0.1) is 5.82 Å². The number of halogens is 1. The van der Waals surface area contributed by atoms with Crippen LogP contribution in [0.15, 0.2) is 48.8 Å². The van der Waals surface area contributed by atoms with E-state index in [0.29, 0.717) is 11.1 Å². The summed E-state index contributed by atoms with van der Waals surface area (Å²) in [7, 11) is 0. The van der Waals surface area contributed by atoms with Gasteiger partial charge in [-0.3, -0.25) is 9.78 Å². The first-order chi connectivity index (χ1) is 9.09. The van der Waals surface area contributed by atoms with Gasteiger partial charge in [0.1, 0.15) is 11.7 Å². The molecule has 0 bridgehead atoms. The summed E-state index contributed by atoms with van der Waals surface area (Å²) in [6.07, 6.45) is 1.73. The molecular weight excluding hydrogens is 249 g/mol. The minimum Gasteiger partial charge on any atom is -0.481 e. The van der Waals surface area contributed by atoms with Crippen molar-refractivity contribution in [3.8, 4) is 0 Å². The minimum absolute atomic E-state index is 0.346. The SMILES string of the molecule is O=C(O)C(c1ccc(F)cc1)C(O)c1ccncc1. The number of hydrogen-bond donors (Lipinski definition) is 2. The van der Waals surface area contributed by atoms with Crippen LogP contribution in [0.5, 0.6) is 0 Å². The van der Waals surface area contributed by atoms with Gasteiger partial charge in [-0.05, 0) is 35.4 Å². The molecule has 1 aromatic carbocycles. The summed E-state index contributed by atoms with van der Waals surface area (Å²) in [6.45, 7) is 0. The highest BCUT2D eigenvalue weighted by Gasteiger charge is 2.29. The van der Waals surface area contributed by atoms with Crippen LogP contribution in [0.3, 0.4) is 0 Å². The van der Waals surface area contributed by atoms with Crippen LogP contribution in [0.25, 0.3) is 0 Å². The third kappa shape index (κ3) is 2.95. The molecule has 5 heteroatoms. The van der Waals surface area contributed by atoms with Crippen molar-refractivity contribution >= 4 is 5.97 Å². The topological polar surface area (TPSA) is 70.4 Å². The average Bonchev–Trinajstić information content (AvgIpc) is 2.42. The molecule has 0 fully saturated rings. The molecule has 2 rings (SSSR count). The number of carbonyl (C=O) groups is 1. The molecule has 1 aromatic heterocycles. The summed E-state index contributed by atoms with van der Waals surface area (Å²) < 4.78 is 12.9. The molecule has 0 spiro atoms. The molecule has 19 heavy (non-hydrogen) atoms. The third-order valence-corrected chi connectivity index (χ3v) is 2.86. The Kier molecular flexibility index (Phi) is 3.87. The zero-order chi connectivity index (χ0) is 13.8. The number of pyridine rings is 1. The summed E-state index contributed by atoms with van der Waals surface area (Å²) in [5, 5.41) is 19.4. The maximum absolute atomic E-state index is 12.9. The zero-order valence-corrected chi connectivity index (χ0v) is 9.90. The first kappa shape index (κ1) is 13.2. The van der Waals surface area contributed by atoms with E-state index in [4.69, 9.17) is 0 Å². The van der Waals surface area contributed by atoms with Crippen molar-refractivity contribution in [3.63, 3.8) is 0 Å². The standard InChI is InChI=1S/C14H12FNO3/c15-11-3-1-9(2-4-11)12(14(18)19)13(17)10-5-7-16-8-6-10/h1-8,12-13,17H,(H,18,19). The Morgan fingerprint density at radius 1 is 1.05 bits per heavy atom. The van der Waals surface area contributed by atoms with Gasteiger partial charge in [0.25, 0.3) is 0 Å². The largest absolute Gasteiger partial charge is 0.481 e. The van der Waals surface area contributed by atoms with Gasteiger partial charge in [0, 0.05) is 12.4 Å². The Morgan fingerprint density at radius 2 is 1.63 bits per heavy atom. The van der Waals surface area contributed by atoms with Crippen molar-refractivity contribution in [1.82, 2.24) is 4.98 Å².